The molecule has 0 spiro atoms. The van der Waals surface area contributed by atoms with Crippen LogP contribution in [-0.2, 0) is 16.1 Å². The maximum atomic E-state index is 13.4. The van der Waals surface area contributed by atoms with Gasteiger partial charge in [0.2, 0.25) is 0 Å². The normalized spacial score (nSPS) is 10.0. The van der Waals surface area contributed by atoms with Crippen molar-refractivity contribution in [1.29, 1.82) is 0 Å². The number of nitrogens with one attached hydrogen (secondary N) is 2. The van der Waals surface area contributed by atoms with E-state index in [9.17, 15) is 18.8 Å². The number of anilines is 1. The van der Waals surface area contributed by atoms with Gasteiger partial charge in [-0.25, -0.2) is 4.39 Å². The van der Waals surface area contributed by atoms with Crippen molar-refractivity contribution in [2.75, 3.05) is 5.32 Å². The highest BCUT2D eigenvalue weighted by Gasteiger charge is 2.14. The Labute approximate surface area is 132 Å². The second-order valence-corrected chi connectivity index (χ2v) is 4.86. The third-order valence-corrected chi connectivity index (χ3v) is 3.15. The molecule has 2 aromatic rings. The Kier molecular flexibility index (Phi) is 5.19. The summed E-state index contributed by atoms with van der Waals surface area (Å²) in [4.78, 5) is 34.6. The summed E-state index contributed by atoms with van der Waals surface area (Å²) >= 11 is 0. The standard InChI is InChI=1S/C17H15FN2O3/c1-11(21)12-6-8-14(9-7-12)20-17(23)16(22)19-10-13-4-2-3-5-15(13)18/h2-9H,10H2,1H3,(H,19,22)(H,20,23). The van der Waals surface area contributed by atoms with Gasteiger partial charge in [-0.3, -0.25) is 14.4 Å². The maximum absolute atomic E-state index is 13.4. The SMILES string of the molecule is CC(=O)c1ccc(NC(=O)C(=O)NCc2ccccc2F)cc1. The minimum Gasteiger partial charge on any atom is -0.344 e. The third-order valence-electron chi connectivity index (χ3n) is 3.15. The lowest BCUT2D eigenvalue weighted by atomic mass is 10.1. The molecule has 5 nitrogen and oxygen atoms in total. The number of amides is 2. The zero-order chi connectivity index (χ0) is 16.8. The Hall–Kier alpha value is -3.02. The molecule has 0 aliphatic rings. The number of rotatable bonds is 4. The number of halogens is 1. The van der Waals surface area contributed by atoms with Gasteiger partial charge in [0, 0.05) is 23.4 Å². The van der Waals surface area contributed by atoms with Crippen LogP contribution in [0.15, 0.2) is 48.5 Å². The van der Waals surface area contributed by atoms with Crippen molar-refractivity contribution < 1.29 is 18.8 Å². The molecule has 0 saturated heterocycles. The highest BCUT2D eigenvalue weighted by atomic mass is 19.1. The van der Waals surface area contributed by atoms with E-state index in [0.29, 0.717) is 16.8 Å². The smallest absolute Gasteiger partial charge is 0.313 e. The number of carbonyl (C=O) groups excluding carboxylic acids is 3. The zero-order valence-corrected chi connectivity index (χ0v) is 12.4. The van der Waals surface area contributed by atoms with Crippen molar-refractivity contribution >= 4 is 23.3 Å². The Morgan fingerprint density at radius 2 is 1.61 bits per heavy atom. The molecule has 0 fully saturated rings. The van der Waals surface area contributed by atoms with Gasteiger partial charge >= 0.3 is 11.8 Å². The second kappa shape index (κ2) is 7.31. The predicted octanol–water partition coefficient (Wildman–Crippen LogP) is 2.28. The summed E-state index contributed by atoms with van der Waals surface area (Å²) in [6.45, 7) is 1.35. The number of hydrogen-bond acceptors (Lipinski definition) is 3. The molecule has 2 N–H and O–H groups in total. The Balaban J connectivity index is 1.91. The molecule has 0 bridgehead atoms. The second-order valence-electron chi connectivity index (χ2n) is 4.86. The van der Waals surface area contributed by atoms with E-state index in [1.165, 1.54) is 37.3 Å². The van der Waals surface area contributed by atoms with Gasteiger partial charge in [0.15, 0.2) is 5.78 Å². The first-order valence-electron chi connectivity index (χ1n) is 6.91. The molecule has 2 amide bonds. The number of Topliss-reactive ketones (excluding diaryl/α,β-unsaturated/α-hetero) is 1. The summed E-state index contributed by atoms with van der Waals surface area (Å²) in [5, 5.41) is 4.75. The highest BCUT2D eigenvalue weighted by molar-refractivity contribution is 6.39. The largest absolute Gasteiger partial charge is 0.344 e. The minimum absolute atomic E-state index is 0.0811. The Morgan fingerprint density at radius 1 is 0.957 bits per heavy atom. The molecular weight excluding hydrogens is 299 g/mol. The quantitative estimate of drug-likeness (QED) is 0.671. The molecule has 6 heteroatoms. The maximum Gasteiger partial charge on any atom is 0.313 e. The number of carbonyl (C=O) groups is 3. The summed E-state index contributed by atoms with van der Waals surface area (Å²) in [7, 11) is 0. The van der Waals surface area contributed by atoms with Crippen LogP contribution in [0.4, 0.5) is 10.1 Å². The van der Waals surface area contributed by atoms with E-state index in [2.05, 4.69) is 10.6 Å². The van der Waals surface area contributed by atoms with E-state index in [4.69, 9.17) is 0 Å². The van der Waals surface area contributed by atoms with Gasteiger partial charge in [0.1, 0.15) is 5.82 Å². The lowest BCUT2D eigenvalue weighted by Crippen LogP contribution is -2.35. The van der Waals surface area contributed by atoms with Gasteiger partial charge in [0.25, 0.3) is 0 Å². The predicted molar refractivity (Wildman–Crippen MR) is 83.3 cm³/mol. The van der Waals surface area contributed by atoms with E-state index >= 15 is 0 Å². The minimum atomic E-state index is -0.871. The highest BCUT2D eigenvalue weighted by Crippen LogP contribution is 2.10. The molecule has 0 saturated carbocycles. The molecule has 0 aromatic heterocycles. The third kappa shape index (κ3) is 4.47. The summed E-state index contributed by atoms with van der Waals surface area (Å²) in [5.41, 5.74) is 1.19. The van der Waals surface area contributed by atoms with Crippen molar-refractivity contribution in [3.63, 3.8) is 0 Å². The molecular formula is C17H15FN2O3. The van der Waals surface area contributed by atoms with Crippen molar-refractivity contribution in [2.45, 2.75) is 13.5 Å². The van der Waals surface area contributed by atoms with Crippen LogP contribution >= 0.6 is 0 Å². The van der Waals surface area contributed by atoms with Crippen molar-refractivity contribution in [3.8, 4) is 0 Å². The van der Waals surface area contributed by atoms with E-state index in [1.807, 2.05) is 0 Å². The van der Waals surface area contributed by atoms with Gasteiger partial charge in [-0.1, -0.05) is 18.2 Å². The molecule has 0 unspecified atom stereocenters. The number of benzene rings is 2. The van der Waals surface area contributed by atoms with Crippen LogP contribution in [0.3, 0.4) is 0 Å². The first kappa shape index (κ1) is 16.4. The van der Waals surface area contributed by atoms with Gasteiger partial charge in [-0.2, -0.15) is 0 Å². The molecule has 118 valence electrons. The molecule has 0 atom stereocenters. The summed E-state index contributed by atoms with van der Waals surface area (Å²) in [6, 6.07) is 12.1. The van der Waals surface area contributed by atoms with Crippen LogP contribution < -0.4 is 10.6 Å². The fraction of sp³-hybridized carbons (Fsp3) is 0.118. The van der Waals surface area contributed by atoms with Crippen LogP contribution in [-0.4, -0.2) is 17.6 Å². The van der Waals surface area contributed by atoms with Crippen LogP contribution in [0.5, 0.6) is 0 Å². The van der Waals surface area contributed by atoms with Crippen molar-refractivity contribution in [2.24, 2.45) is 0 Å². The molecule has 0 radical (unpaired) electrons. The monoisotopic (exact) mass is 314 g/mol. The van der Waals surface area contributed by atoms with Crippen LogP contribution in [0.2, 0.25) is 0 Å². The molecule has 2 aromatic carbocycles. The molecule has 0 aliphatic carbocycles. The first-order valence-corrected chi connectivity index (χ1v) is 6.91. The average molecular weight is 314 g/mol. The van der Waals surface area contributed by atoms with Crippen LogP contribution in [0.1, 0.15) is 22.8 Å². The van der Waals surface area contributed by atoms with Gasteiger partial charge in [-0.15, -0.1) is 0 Å². The zero-order valence-electron chi connectivity index (χ0n) is 12.4. The molecule has 23 heavy (non-hydrogen) atoms. The van der Waals surface area contributed by atoms with Gasteiger partial charge in [0.05, 0.1) is 0 Å². The fourth-order valence-corrected chi connectivity index (χ4v) is 1.87. The van der Waals surface area contributed by atoms with E-state index in [-0.39, 0.29) is 12.3 Å². The Morgan fingerprint density at radius 3 is 2.22 bits per heavy atom. The van der Waals surface area contributed by atoms with E-state index in [1.54, 1.807) is 18.2 Å². The van der Waals surface area contributed by atoms with Gasteiger partial charge < -0.3 is 10.6 Å². The summed E-state index contributed by atoms with van der Waals surface area (Å²) in [6.07, 6.45) is 0. The van der Waals surface area contributed by atoms with E-state index < -0.39 is 17.6 Å². The van der Waals surface area contributed by atoms with Crippen LogP contribution in [0.25, 0.3) is 0 Å². The summed E-state index contributed by atoms with van der Waals surface area (Å²) in [5.74, 6) is -2.28. The molecule has 0 aliphatic heterocycles. The lowest BCUT2D eigenvalue weighted by molar-refractivity contribution is -0.136. The first-order chi connectivity index (χ1) is 11.0. The summed E-state index contributed by atoms with van der Waals surface area (Å²) < 4.78 is 13.4. The fourth-order valence-electron chi connectivity index (χ4n) is 1.87. The van der Waals surface area contributed by atoms with Gasteiger partial charge in [-0.05, 0) is 37.3 Å². The molecule has 0 heterocycles. The topological polar surface area (TPSA) is 75.3 Å². The number of ketones is 1. The Bertz CT molecular complexity index is 742. The van der Waals surface area contributed by atoms with Crippen molar-refractivity contribution in [3.05, 3.63) is 65.5 Å². The van der Waals surface area contributed by atoms with Crippen molar-refractivity contribution in [1.82, 2.24) is 5.32 Å². The van der Waals surface area contributed by atoms with Crippen LogP contribution in [0, 0.1) is 5.82 Å². The van der Waals surface area contributed by atoms with E-state index in [0.717, 1.165) is 0 Å². The average Bonchev–Trinajstić information content (AvgIpc) is 2.54. The number of hydrogen-bond donors (Lipinski definition) is 2. The molecule has 2 rings (SSSR count). The lowest BCUT2D eigenvalue weighted by Gasteiger charge is -2.07.